The van der Waals surface area contributed by atoms with Gasteiger partial charge in [-0.15, -0.1) is 0 Å². The van der Waals surface area contributed by atoms with Crippen LogP contribution in [0.5, 0.6) is 0 Å². The van der Waals surface area contributed by atoms with E-state index in [0.29, 0.717) is 0 Å². The Labute approximate surface area is 116 Å². The second kappa shape index (κ2) is 6.29. The Kier molecular flexibility index (Phi) is 4.46. The van der Waals surface area contributed by atoms with E-state index in [2.05, 4.69) is 9.88 Å². The molecule has 8 heteroatoms. The van der Waals surface area contributed by atoms with Crippen molar-refractivity contribution in [2.45, 2.75) is 6.42 Å². The van der Waals surface area contributed by atoms with Gasteiger partial charge in [-0.1, -0.05) is 0 Å². The van der Waals surface area contributed by atoms with Crippen LogP contribution in [-0.4, -0.2) is 53.4 Å². The average molecular weight is 279 g/mol. The highest BCUT2D eigenvalue weighted by Crippen LogP contribution is 2.17. The topological polar surface area (TPSA) is 106 Å². The molecule has 1 aromatic heterocycles. The van der Waals surface area contributed by atoms with Crippen molar-refractivity contribution in [1.29, 1.82) is 0 Å². The quantitative estimate of drug-likeness (QED) is 0.613. The molecule has 8 nitrogen and oxygen atoms in total. The van der Waals surface area contributed by atoms with Crippen molar-refractivity contribution in [1.82, 2.24) is 9.88 Å². The molecule has 2 rings (SSSR count). The summed E-state index contributed by atoms with van der Waals surface area (Å²) < 4.78 is 0. The summed E-state index contributed by atoms with van der Waals surface area (Å²) in [4.78, 5) is 29.2. The van der Waals surface area contributed by atoms with Crippen molar-refractivity contribution in [3.63, 3.8) is 0 Å². The highest BCUT2D eigenvalue weighted by atomic mass is 16.6. The number of primary amides is 1. The lowest BCUT2D eigenvalue weighted by atomic mass is 10.3. The number of hydrogen-bond acceptors (Lipinski definition) is 6. The van der Waals surface area contributed by atoms with Gasteiger partial charge in [-0.2, -0.15) is 0 Å². The summed E-state index contributed by atoms with van der Waals surface area (Å²) in [6.45, 7) is 3.33. The highest BCUT2D eigenvalue weighted by Gasteiger charge is 2.17. The van der Waals surface area contributed by atoms with Crippen molar-refractivity contribution < 1.29 is 9.72 Å². The number of nitrogens with zero attached hydrogens (tertiary/aromatic N) is 4. The van der Waals surface area contributed by atoms with E-state index in [9.17, 15) is 14.9 Å². The molecule has 0 saturated carbocycles. The molecule has 1 aliphatic rings. The molecular formula is C12H17N5O3. The van der Waals surface area contributed by atoms with Crippen LogP contribution < -0.4 is 10.6 Å². The molecule has 1 fully saturated rings. The van der Waals surface area contributed by atoms with E-state index in [0.717, 1.165) is 38.4 Å². The van der Waals surface area contributed by atoms with Crippen LogP contribution >= 0.6 is 0 Å². The van der Waals surface area contributed by atoms with Crippen molar-refractivity contribution in [3.05, 3.63) is 28.4 Å². The van der Waals surface area contributed by atoms with Gasteiger partial charge in [-0.05, 0) is 12.5 Å². The van der Waals surface area contributed by atoms with Crippen LogP contribution in [0.15, 0.2) is 18.3 Å². The molecular weight excluding hydrogens is 262 g/mol. The van der Waals surface area contributed by atoms with Gasteiger partial charge >= 0.3 is 0 Å². The molecule has 1 aliphatic heterocycles. The Morgan fingerprint density at radius 3 is 2.75 bits per heavy atom. The number of nitro groups is 1. The minimum absolute atomic E-state index is 0.0149. The predicted molar refractivity (Wildman–Crippen MR) is 73.4 cm³/mol. The van der Waals surface area contributed by atoms with E-state index in [1.807, 2.05) is 4.90 Å². The predicted octanol–water partition coefficient (Wildman–Crippen LogP) is -0.0128. The van der Waals surface area contributed by atoms with Crippen LogP contribution in [0.2, 0.25) is 0 Å². The molecule has 0 bridgehead atoms. The van der Waals surface area contributed by atoms with Gasteiger partial charge in [0.2, 0.25) is 5.91 Å². The number of carbonyl (C=O) groups excluding carboxylic acids is 1. The first kappa shape index (κ1) is 14.2. The monoisotopic (exact) mass is 279 g/mol. The maximum Gasteiger partial charge on any atom is 0.287 e. The van der Waals surface area contributed by atoms with Crippen molar-refractivity contribution >= 4 is 17.4 Å². The molecule has 0 aromatic carbocycles. The number of amides is 1. The molecule has 0 atom stereocenters. The van der Waals surface area contributed by atoms with Gasteiger partial charge in [0.15, 0.2) is 0 Å². The maximum absolute atomic E-state index is 10.9. The summed E-state index contributed by atoms with van der Waals surface area (Å²) in [6.07, 6.45) is 2.16. The van der Waals surface area contributed by atoms with Gasteiger partial charge in [0.1, 0.15) is 12.0 Å². The van der Waals surface area contributed by atoms with E-state index < -0.39 is 4.92 Å². The van der Waals surface area contributed by atoms with E-state index in [1.54, 1.807) is 6.07 Å². The number of aromatic nitrogens is 1. The summed E-state index contributed by atoms with van der Waals surface area (Å²) in [7, 11) is 0. The number of anilines is 1. The minimum Gasteiger partial charge on any atom is -0.369 e. The SMILES string of the molecule is NC(=O)CN1CCCN(c2ccc([N+](=O)[O-])cn2)CC1. The van der Waals surface area contributed by atoms with Gasteiger partial charge in [0.25, 0.3) is 5.69 Å². The van der Waals surface area contributed by atoms with Crippen molar-refractivity contribution in [2.75, 3.05) is 37.6 Å². The Hall–Kier alpha value is -2.22. The highest BCUT2D eigenvalue weighted by molar-refractivity contribution is 5.75. The van der Waals surface area contributed by atoms with Gasteiger partial charge in [-0.3, -0.25) is 19.8 Å². The summed E-state index contributed by atoms with van der Waals surface area (Å²) in [5.74, 6) is 0.392. The second-order valence-corrected chi connectivity index (χ2v) is 4.71. The normalized spacial score (nSPS) is 16.7. The van der Waals surface area contributed by atoms with E-state index in [1.165, 1.54) is 12.3 Å². The number of carbonyl (C=O) groups is 1. The Bertz CT molecular complexity index is 490. The van der Waals surface area contributed by atoms with Gasteiger partial charge in [0, 0.05) is 32.2 Å². The molecule has 1 amide bonds. The van der Waals surface area contributed by atoms with Crippen LogP contribution in [0, 0.1) is 10.1 Å². The van der Waals surface area contributed by atoms with E-state index in [4.69, 9.17) is 5.73 Å². The standard InChI is InChI=1S/C12H17N5O3/c13-11(18)9-15-4-1-5-16(7-6-15)12-3-2-10(8-14-12)17(19)20/h2-3,8H,1,4-7,9H2,(H2,13,18). The fourth-order valence-electron chi connectivity index (χ4n) is 2.25. The molecule has 20 heavy (non-hydrogen) atoms. The first-order chi connectivity index (χ1) is 9.56. The lowest BCUT2D eigenvalue weighted by Crippen LogP contribution is -2.36. The average Bonchev–Trinajstić information content (AvgIpc) is 2.64. The third kappa shape index (κ3) is 3.64. The molecule has 2 heterocycles. The first-order valence-electron chi connectivity index (χ1n) is 6.42. The van der Waals surface area contributed by atoms with Crippen molar-refractivity contribution in [2.24, 2.45) is 5.73 Å². The fraction of sp³-hybridized carbons (Fsp3) is 0.500. The smallest absolute Gasteiger partial charge is 0.287 e. The Morgan fingerprint density at radius 1 is 1.35 bits per heavy atom. The zero-order valence-electron chi connectivity index (χ0n) is 11.1. The molecule has 0 radical (unpaired) electrons. The minimum atomic E-state index is -0.464. The summed E-state index contributed by atoms with van der Waals surface area (Å²) in [6, 6.07) is 3.11. The zero-order valence-corrected chi connectivity index (χ0v) is 11.1. The lowest BCUT2D eigenvalue weighted by Gasteiger charge is -2.21. The Morgan fingerprint density at radius 2 is 2.15 bits per heavy atom. The summed E-state index contributed by atoms with van der Waals surface area (Å²) in [5, 5.41) is 10.6. The summed E-state index contributed by atoms with van der Waals surface area (Å²) >= 11 is 0. The van der Waals surface area contributed by atoms with Crippen LogP contribution in [0.25, 0.3) is 0 Å². The van der Waals surface area contributed by atoms with Crippen LogP contribution in [0.4, 0.5) is 11.5 Å². The van der Waals surface area contributed by atoms with E-state index in [-0.39, 0.29) is 18.1 Å². The molecule has 0 unspecified atom stereocenters. The van der Waals surface area contributed by atoms with Crippen LogP contribution in [0.1, 0.15) is 6.42 Å². The lowest BCUT2D eigenvalue weighted by molar-refractivity contribution is -0.385. The fourth-order valence-corrected chi connectivity index (χ4v) is 2.25. The van der Waals surface area contributed by atoms with Gasteiger partial charge in [-0.25, -0.2) is 4.98 Å². The van der Waals surface area contributed by atoms with E-state index >= 15 is 0 Å². The number of nitrogens with two attached hydrogens (primary N) is 1. The molecule has 108 valence electrons. The number of hydrogen-bond donors (Lipinski definition) is 1. The number of rotatable bonds is 4. The van der Waals surface area contributed by atoms with Crippen LogP contribution in [-0.2, 0) is 4.79 Å². The first-order valence-corrected chi connectivity index (χ1v) is 6.42. The largest absolute Gasteiger partial charge is 0.369 e. The van der Waals surface area contributed by atoms with Crippen LogP contribution in [0.3, 0.4) is 0 Å². The summed E-state index contributed by atoms with van der Waals surface area (Å²) in [5.41, 5.74) is 5.18. The molecule has 1 saturated heterocycles. The second-order valence-electron chi connectivity index (χ2n) is 4.71. The third-order valence-corrected chi connectivity index (χ3v) is 3.24. The number of pyridine rings is 1. The maximum atomic E-state index is 10.9. The molecule has 0 spiro atoms. The third-order valence-electron chi connectivity index (χ3n) is 3.24. The molecule has 1 aromatic rings. The molecule has 0 aliphatic carbocycles. The van der Waals surface area contributed by atoms with Crippen molar-refractivity contribution in [3.8, 4) is 0 Å². The zero-order chi connectivity index (χ0) is 14.5. The Balaban J connectivity index is 1.99. The van der Waals surface area contributed by atoms with Gasteiger partial charge < -0.3 is 10.6 Å². The van der Waals surface area contributed by atoms with Gasteiger partial charge in [0.05, 0.1) is 11.5 Å². The molecule has 2 N–H and O–H groups in total.